The fourth-order valence-electron chi connectivity index (χ4n) is 3.58. The Morgan fingerprint density at radius 2 is 1.78 bits per heavy atom. The van der Waals surface area contributed by atoms with Crippen LogP contribution in [0.3, 0.4) is 0 Å². The first-order chi connectivity index (χ1) is 17.8. The molecule has 0 atom stereocenters. The second-order valence-electron chi connectivity index (χ2n) is 7.86. The van der Waals surface area contributed by atoms with Crippen molar-refractivity contribution in [1.29, 1.82) is 0 Å². The molecule has 0 fully saturated rings. The molecule has 0 spiro atoms. The highest BCUT2D eigenvalue weighted by molar-refractivity contribution is 7.98. The summed E-state index contributed by atoms with van der Waals surface area (Å²) in [6, 6.07) is 21.9. The minimum absolute atomic E-state index is 0.0438. The van der Waals surface area contributed by atoms with Gasteiger partial charge in [-0.15, -0.1) is 10.2 Å². The Bertz CT molecular complexity index is 1650. The number of methoxy groups -OCH3 is 1. The zero-order valence-corrected chi connectivity index (χ0v) is 21.0. The van der Waals surface area contributed by atoms with E-state index < -0.39 is 15.8 Å². The molecule has 9 nitrogen and oxygen atoms in total. The number of ether oxygens (including phenoxy) is 1. The molecule has 0 aliphatic rings. The Labute approximate surface area is 216 Å². The molecule has 0 aliphatic carbocycles. The summed E-state index contributed by atoms with van der Waals surface area (Å²) in [6.45, 7) is 0. The number of primary sulfonamides is 1. The van der Waals surface area contributed by atoms with E-state index in [-0.39, 0.29) is 16.5 Å². The van der Waals surface area contributed by atoms with Crippen LogP contribution in [0.4, 0.5) is 4.39 Å². The van der Waals surface area contributed by atoms with E-state index in [1.807, 2.05) is 30.3 Å². The van der Waals surface area contributed by atoms with Gasteiger partial charge in [-0.3, -0.25) is 0 Å². The number of rotatable bonds is 8. The van der Waals surface area contributed by atoms with E-state index in [0.717, 1.165) is 5.56 Å². The number of nitrogens with two attached hydrogens (primary N) is 1. The van der Waals surface area contributed by atoms with Crippen molar-refractivity contribution in [2.24, 2.45) is 5.14 Å². The van der Waals surface area contributed by atoms with Gasteiger partial charge in [0.25, 0.3) is 11.1 Å². The maximum atomic E-state index is 14.5. The number of thioether (sulfide) groups is 1. The van der Waals surface area contributed by atoms with Crippen molar-refractivity contribution in [2.45, 2.75) is 15.9 Å². The van der Waals surface area contributed by atoms with Gasteiger partial charge in [0, 0.05) is 11.3 Å². The summed E-state index contributed by atoms with van der Waals surface area (Å²) in [6.07, 6.45) is 0. The number of hydrogen-bond acceptors (Lipinski definition) is 8. The molecule has 0 saturated heterocycles. The van der Waals surface area contributed by atoms with Crippen LogP contribution in [0.15, 0.2) is 93.4 Å². The monoisotopic (exact) mass is 537 g/mol. The molecule has 0 radical (unpaired) electrons. The Hall–Kier alpha value is -4.00. The smallest absolute Gasteiger partial charge is 0.277 e. The van der Waals surface area contributed by atoms with Crippen LogP contribution in [0, 0.1) is 5.82 Å². The highest BCUT2D eigenvalue weighted by atomic mass is 32.2. The maximum absolute atomic E-state index is 14.5. The van der Waals surface area contributed by atoms with E-state index in [1.54, 1.807) is 24.3 Å². The van der Waals surface area contributed by atoms with Crippen molar-refractivity contribution >= 4 is 21.8 Å². The lowest BCUT2D eigenvalue weighted by atomic mass is 10.1. The van der Waals surface area contributed by atoms with E-state index in [2.05, 4.69) is 15.3 Å². The van der Waals surface area contributed by atoms with Crippen LogP contribution in [0.2, 0.25) is 0 Å². The van der Waals surface area contributed by atoms with Crippen LogP contribution in [-0.4, -0.2) is 35.5 Å². The van der Waals surface area contributed by atoms with Gasteiger partial charge in [-0.1, -0.05) is 42.1 Å². The Morgan fingerprint density at radius 1 is 1.03 bits per heavy atom. The lowest BCUT2D eigenvalue weighted by molar-refractivity contribution is 0.386. The maximum Gasteiger partial charge on any atom is 0.277 e. The van der Waals surface area contributed by atoms with Gasteiger partial charge in [0.1, 0.15) is 0 Å². The number of benzene rings is 3. The largest absolute Gasteiger partial charge is 0.494 e. The summed E-state index contributed by atoms with van der Waals surface area (Å²) in [5.74, 6) is 0.399. The fourth-order valence-corrected chi connectivity index (χ4v) is 4.82. The number of sulfonamides is 1. The predicted molar refractivity (Wildman–Crippen MR) is 136 cm³/mol. The highest BCUT2D eigenvalue weighted by Gasteiger charge is 2.19. The number of nitrogens with zero attached hydrogens (tertiary/aromatic N) is 4. The molecule has 188 valence electrons. The average molecular weight is 538 g/mol. The molecule has 0 saturated carbocycles. The van der Waals surface area contributed by atoms with E-state index in [4.69, 9.17) is 14.3 Å². The summed E-state index contributed by atoms with van der Waals surface area (Å²) in [5.41, 5.74) is 3.01. The molecule has 0 unspecified atom stereocenters. The van der Waals surface area contributed by atoms with Crippen LogP contribution in [0.25, 0.3) is 28.5 Å². The van der Waals surface area contributed by atoms with Crippen molar-refractivity contribution in [3.63, 3.8) is 0 Å². The van der Waals surface area contributed by atoms with Gasteiger partial charge < -0.3 is 9.15 Å². The molecular formula is C25H20FN5O4S2. The molecule has 12 heteroatoms. The number of aromatic nitrogens is 4. The Kier molecular flexibility index (Phi) is 6.78. The lowest BCUT2D eigenvalue weighted by Gasteiger charge is -2.09. The van der Waals surface area contributed by atoms with Crippen LogP contribution in [0.5, 0.6) is 5.75 Å². The third-order valence-corrected chi connectivity index (χ3v) is 7.22. The van der Waals surface area contributed by atoms with Gasteiger partial charge in [0.2, 0.25) is 10.0 Å². The van der Waals surface area contributed by atoms with Crippen molar-refractivity contribution in [2.75, 3.05) is 7.11 Å². The quantitative estimate of drug-likeness (QED) is 0.283. The van der Waals surface area contributed by atoms with Gasteiger partial charge in [-0.25, -0.2) is 22.6 Å². The first kappa shape index (κ1) is 24.7. The summed E-state index contributed by atoms with van der Waals surface area (Å²) in [4.78, 5) is -0.0438. The first-order valence-electron chi connectivity index (χ1n) is 10.9. The highest BCUT2D eigenvalue weighted by Crippen LogP contribution is 2.32. The summed E-state index contributed by atoms with van der Waals surface area (Å²) < 4.78 is 50.3. The topological polar surface area (TPSA) is 126 Å². The molecule has 2 N–H and O–H groups in total. The lowest BCUT2D eigenvalue weighted by Crippen LogP contribution is -2.12. The molecular weight excluding hydrogens is 517 g/mol. The molecule has 5 rings (SSSR count). The first-order valence-corrected chi connectivity index (χ1v) is 13.4. The standard InChI is InChI=1S/C25H20FN5O4S2/c1-34-23-12-7-17(13-20(23)26)22-14-21(30-31(22)18-8-10-19(11-9-18)37(27,32)33)24-28-29-25(35-24)36-15-16-5-3-2-4-6-16/h2-14H,15H2,1H3,(H2,27,32,33). The second-order valence-corrected chi connectivity index (χ2v) is 10.4. The van der Waals surface area contributed by atoms with Crippen LogP contribution in [-0.2, 0) is 15.8 Å². The second kappa shape index (κ2) is 10.2. The SMILES string of the molecule is COc1ccc(-c2cc(-c3nnc(SCc4ccccc4)o3)nn2-c2ccc(S(N)(=O)=O)cc2)cc1F. The van der Waals surface area contributed by atoms with Crippen molar-refractivity contribution in [1.82, 2.24) is 20.0 Å². The third kappa shape index (κ3) is 5.40. The van der Waals surface area contributed by atoms with Gasteiger partial charge in [-0.2, -0.15) is 5.10 Å². The van der Waals surface area contributed by atoms with E-state index in [9.17, 15) is 12.8 Å². The van der Waals surface area contributed by atoms with Crippen LogP contribution in [0.1, 0.15) is 5.56 Å². The summed E-state index contributed by atoms with van der Waals surface area (Å²) in [7, 11) is -2.48. The molecule has 2 heterocycles. The zero-order chi connectivity index (χ0) is 26.0. The average Bonchev–Trinajstić information content (AvgIpc) is 3.55. The molecule has 5 aromatic rings. The predicted octanol–water partition coefficient (Wildman–Crippen LogP) is 4.68. The summed E-state index contributed by atoms with van der Waals surface area (Å²) >= 11 is 1.40. The minimum atomic E-state index is -3.87. The third-order valence-electron chi connectivity index (χ3n) is 5.40. The molecule has 37 heavy (non-hydrogen) atoms. The van der Waals surface area contributed by atoms with Gasteiger partial charge in [0.15, 0.2) is 17.3 Å². The normalized spacial score (nSPS) is 11.5. The van der Waals surface area contributed by atoms with Crippen molar-refractivity contribution < 1.29 is 22.0 Å². The molecule has 0 amide bonds. The molecule has 3 aromatic carbocycles. The van der Waals surface area contributed by atoms with Crippen LogP contribution < -0.4 is 9.88 Å². The van der Waals surface area contributed by atoms with E-state index in [0.29, 0.717) is 33.6 Å². The molecule has 0 bridgehead atoms. The van der Waals surface area contributed by atoms with Gasteiger partial charge in [-0.05, 0) is 54.1 Å². The van der Waals surface area contributed by atoms with Gasteiger partial charge >= 0.3 is 0 Å². The van der Waals surface area contributed by atoms with Gasteiger partial charge in [0.05, 0.1) is 23.4 Å². The molecule has 0 aliphatic heterocycles. The zero-order valence-electron chi connectivity index (χ0n) is 19.4. The number of hydrogen-bond donors (Lipinski definition) is 1. The minimum Gasteiger partial charge on any atom is -0.494 e. The Balaban J connectivity index is 1.52. The fraction of sp³-hybridized carbons (Fsp3) is 0.0800. The van der Waals surface area contributed by atoms with Crippen molar-refractivity contribution in [3.05, 3.63) is 90.2 Å². The molecule has 2 aromatic heterocycles. The van der Waals surface area contributed by atoms with E-state index in [1.165, 1.54) is 47.8 Å². The van der Waals surface area contributed by atoms with E-state index >= 15 is 0 Å². The summed E-state index contributed by atoms with van der Waals surface area (Å²) in [5, 5.41) is 18.4. The van der Waals surface area contributed by atoms with Crippen LogP contribution >= 0.6 is 11.8 Å². The number of halogens is 1. The Morgan fingerprint density at radius 3 is 2.46 bits per heavy atom. The van der Waals surface area contributed by atoms with Crippen molar-refractivity contribution in [3.8, 4) is 34.3 Å².